The smallest absolute Gasteiger partial charge is 0.185 e. The van der Waals surface area contributed by atoms with E-state index in [4.69, 9.17) is 22.7 Å². The van der Waals surface area contributed by atoms with E-state index in [9.17, 15) is 0 Å². The number of halogens is 1. The van der Waals surface area contributed by atoms with E-state index in [1.807, 2.05) is 18.2 Å². The fraction of sp³-hybridized carbons (Fsp3) is 0.200. The number of nitrogens with two attached hydrogens (primary N) is 1. The van der Waals surface area contributed by atoms with Crippen LogP contribution in [0.5, 0.6) is 5.75 Å². The molecular formula is C10H13BrN4OS2. The number of ether oxygens (including phenoxy) is 1. The van der Waals surface area contributed by atoms with Crippen LogP contribution in [0.2, 0.25) is 0 Å². The molecule has 18 heavy (non-hydrogen) atoms. The highest BCUT2D eigenvalue weighted by atomic mass is 79.9. The number of hydrogen-bond donors (Lipinski definition) is 4. The van der Waals surface area contributed by atoms with E-state index >= 15 is 0 Å². The van der Waals surface area contributed by atoms with E-state index in [1.54, 1.807) is 7.11 Å². The van der Waals surface area contributed by atoms with E-state index in [1.165, 1.54) is 0 Å². The quantitative estimate of drug-likeness (QED) is 0.482. The maximum atomic E-state index is 5.25. The van der Waals surface area contributed by atoms with Gasteiger partial charge in [-0.15, -0.1) is 0 Å². The molecular weight excluding hydrogens is 336 g/mol. The van der Waals surface area contributed by atoms with Crippen molar-refractivity contribution in [2.45, 2.75) is 6.54 Å². The fourth-order valence-electron chi connectivity index (χ4n) is 1.16. The zero-order chi connectivity index (χ0) is 13.5. The van der Waals surface area contributed by atoms with Gasteiger partial charge in [0.2, 0.25) is 0 Å². The van der Waals surface area contributed by atoms with Crippen molar-refractivity contribution >= 4 is 50.6 Å². The summed E-state index contributed by atoms with van der Waals surface area (Å²) in [6.07, 6.45) is 0. The van der Waals surface area contributed by atoms with Crippen molar-refractivity contribution in [1.29, 1.82) is 0 Å². The van der Waals surface area contributed by atoms with Crippen LogP contribution in [0.25, 0.3) is 0 Å². The fourth-order valence-corrected chi connectivity index (χ4v) is 1.93. The number of hydrogen-bond acceptors (Lipinski definition) is 3. The molecule has 0 spiro atoms. The van der Waals surface area contributed by atoms with Crippen molar-refractivity contribution in [3.05, 3.63) is 28.2 Å². The predicted molar refractivity (Wildman–Crippen MR) is 83.2 cm³/mol. The van der Waals surface area contributed by atoms with Gasteiger partial charge in [0.05, 0.1) is 11.6 Å². The topological polar surface area (TPSA) is 71.3 Å². The second kappa shape index (κ2) is 7.34. The van der Waals surface area contributed by atoms with E-state index < -0.39 is 0 Å². The van der Waals surface area contributed by atoms with Crippen molar-refractivity contribution < 1.29 is 4.74 Å². The normalized spacial score (nSPS) is 9.44. The molecule has 0 amide bonds. The molecule has 1 rings (SSSR count). The summed E-state index contributed by atoms with van der Waals surface area (Å²) in [5, 5.41) is 3.54. The molecule has 0 unspecified atom stereocenters. The van der Waals surface area contributed by atoms with Gasteiger partial charge in [0.1, 0.15) is 5.75 Å². The Balaban J connectivity index is 2.46. The summed E-state index contributed by atoms with van der Waals surface area (Å²) >= 11 is 13.1. The van der Waals surface area contributed by atoms with E-state index in [0.717, 1.165) is 15.8 Å². The van der Waals surface area contributed by atoms with Gasteiger partial charge in [-0.25, -0.2) is 0 Å². The first kappa shape index (κ1) is 14.9. The number of hydrazine groups is 1. The lowest BCUT2D eigenvalue weighted by Gasteiger charge is -2.12. The molecule has 0 aliphatic rings. The van der Waals surface area contributed by atoms with Crippen molar-refractivity contribution in [3.8, 4) is 5.75 Å². The minimum atomic E-state index is 0.131. The summed E-state index contributed by atoms with van der Waals surface area (Å²) in [5.41, 5.74) is 11.5. The van der Waals surface area contributed by atoms with Crippen molar-refractivity contribution in [2.75, 3.05) is 7.11 Å². The zero-order valence-electron chi connectivity index (χ0n) is 9.62. The number of nitrogens with one attached hydrogen (secondary N) is 3. The summed E-state index contributed by atoms with van der Waals surface area (Å²) in [4.78, 5) is 0. The van der Waals surface area contributed by atoms with Gasteiger partial charge in [0, 0.05) is 6.54 Å². The van der Waals surface area contributed by atoms with Gasteiger partial charge in [0.25, 0.3) is 0 Å². The Morgan fingerprint density at radius 2 is 2.11 bits per heavy atom. The van der Waals surface area contributed by atoms with Crippen LogP contribution in [0.1, 0.15) is 5.56 Å². The van der Waals surface area contributed by atoms with Crippen LogP contribution in [0.4, 0.5) is 0 Å². The van der Waals surface area contributed by atoms with Gasteiger partial charge in [-0.1, -0.05) is 6.07 Å². The Labute approximate surface area is 125 Å². The number of methoxy groups -OCH3 is 1. The first-order chi connectivity index (χ1) is 8.52. The SMILES string of the molecule is COc1ccc(CNC(=S)NNC(N)=S)cc1Br. The lowest BCUT2D eigenvalue weighted by molar-refractivity contribution is 0.412. The number of benzene rings is 1. The summed E-state index contributed by atoms with van der Waals surface area (Å²) < 4.78 is 6.04. The molecule has 0 aliphatic carbocycles. The maximum Gasteiger partial charge on any atom is 0.185 e. The molecule has 0 aliphatic heterocycles. The molecule has 0 radical (unpaired) electrons. The third-order valence-corrected chi connectivity index (χ3v) is 2.94. The molecule has 0 fully saturated rings. The van der Waals surface area contributed by atoms with Crippen LogP contribution in [0.3, 0.4) is 0 Å². The Morgan fingerprint density at radius 1 is 1.39 bits per heavy atom. The molecule has 0 saturated carbocycles. The first-order valence-electron chi connectivity index (χ1n) is 4.94. The Morgan fingerprint density at radius 3 is 2.67 bits per heavy atom. The second-order valence-corrected chi connectivity index (χ2v) is 4.97. The Kier molecular flexibility index (Phi) is 6.10. The van der Waals surface area contributed by atoms with Crippen LogP contribution in [0, 0.1) is 0 Å². The monoisotopic (exact) mass is 348 g/mol. The van der Waals surface area contributed by atoms with Crippen LogP contribution in [0.15, 0.2) is 22.7 Å². The maximum absolute atomic E-state index is 5.25. The summed E-state index contributed by atoms with van der Waals surface area (Å²) in [6.45, 7) is 0.577. The van der Waals surface area contributed by atoms with Gasteiger partial charge < -0.3 is 15.8 Å². The molecule has 0 aromatic heterocycles. The van der Waals surface area contributed by atoms with Gasteiger partial charge >= 0.3 is 0 Å². The Bertz CT molecular complexity index is 456. The molecule has 0 saturated heterocycles. The van der Waals surface area contributed by atoms with E-state index in [0.29, 0.717) is 11.7 Å². The molecule has 98 valence electrons. The minimum absolute atomic E-state index is 0.131. The van der Waals surface area contributed by atoms with Crippen molar-refractivity contribution in [1.82, 2.24) is 16.2 Å². The number of rotatable bonds is 3. The third-order valence-electron chi connectivity index (χ3n) is 1.97. The van der Waals surface area contributed by atoms with Crippen LogP contribution < -0.4 is 26.6 Å². The summed E-state index contributed by atoms with van der Waals surface area (Å²) in [5.74, 6) is 0.787. The average molecular weight is 349 g/mol. The largest absolute Gasteiger partial charge is 0.496 e. The van der Waals surface area contributed by atoms with Gasteiger partial charge in [-0.2, -0.15) is 0 Å². The third kappa shape index (κ3) is 5.03. The van der Waals surface area contributed by atoms with E-state index in [2.05, 4.69) is 44.3 Å². The predicted octanol–water partition coefficient (Wildman–Crippen LogP) is 1.17. The average Bonchev–Trinajstić information content (AvgIpc) is 2.34. The molecule has 8 heteroatoms. The molecule has 0 heterocycles. The molecule has 5 N–H and O–H groups in total. The van der Waals surface area contributed by atoms with Crippen LogP contribution in [-0.2, 0) is 6.54 Å². The second-order valence-electron chi connectivity index (χ2n) is 3.27. The summed E-state index contributed by atoms with van der Waals surface area (Å²) in [7, 11) is 1.62. The summed E-state index contributed by atoms with van der Waals surface area (Å²) in [6, 6.07) is 5.78. The van der Waals surface area contributed by atoms with Gasteiger partial charge in [-0.3, -0.25) is 10.9 Å². The standard InChI is InChI=1S/C10H13BrN4OS2/c1-16-8-3-2-6(4-7(8)11)5-13-10(18)15-14-9(12)17/h2-4H,5H2,1H3,(H3,12,14,17)(H2,13,15,18). The first-order valence-corrected chi connectivity index (χ1v) is 6.55. The minimum Gasteiger partial charge on any atom is -0.496 e. The Hall–Kier alpha value is -1.12. The highest BCUT2D eigenvalue weighted by Gasteiger charge is 2.02. The van der Waals surface area contributed by atoms with Crippen molar-refractivity contribution in [2.24, 2.45) is 5.73 Å². The lowest BCUT2D eigenvalue weighted by atomic mass is 10.2. The molecule has 1 aromatic carbocycles. The lowest BCUT2D eigenvalue weighted by Crippen LogP contribution is -2.48. The van der Waals surface area contributed by atoms with E-state index in [-0.39, 0.29) is 5.11 Å². The van der Waals surface area contributed by atoms with Gasteiger partial charge in [-0.05, 0) is 58.1 Å². The van der Waals surface area contributed by atoms with Crippen molar-refractivity contribution in [3.63, 3.8) is 0 Å². The van der Waals surface area contributed by atoms with Gasteiger partial charge in [0.15, 0.2) is 10.2 Å². The van der Waals surface area contributed by atoms with Crippen LogP contribution >= 0.6 is 40.4 Å². The molecule has 5 nitrogen and oxygen atoms in total. The highest BCUT2D eigenvalue weighted by Crippen LogP contribution is 2.25. The number of thiocarbonyl (C=S) groups is 2. The molecule has 1 aromatic rings. The van der Waals surface area contributed by atoms with Crippen LogP contribution in [-0.4, -0.2) is 17.3 Å². The zero-order valence-corrected chi connectivity index (χ0v) is 12.8. The highest BCUT2D eigenvalue weighted by molar-refractivity contribution is 9.10. The molecule has 0 bridgehead atoms. The molecule has 0 atom stereocenters.